The van der Waals surface area contributed by atoms with Gasteiger partial charge in [0.15, 0.2) is 0 Å². The third-order valence-corrected chi connectivity index (χ3v) is 3.17. The molecule has 1 amide bonds. The molecule has 0 aliphatic rings. The average molecular weight is 299 g/mol. The second kappa shape index (κ2) is 8.14. The second-order valence-corrected chi connectivity index (χ2v) is 5.09. The molecular weight excluding hydrogens is 278 g/mol. The monoisotopic (exact) mass is 299 g/mol. The SMILES string of the molecule is CNCC(C)C(=O)Nc1cccc(OCc2ccccn2)c1. The van der Waals surface area contributed by atoms with Crippen LogP contribution in [0.15, 0.2) is 48.7 Å². The number of nitrogens with one attached hydrogen (secondary N) is 2. The number of carbonyl (C=O) groups excluding carboxylic acids is 1. The number of carbonyl (C=O) groups is 1. The predicted molar refractivity (Wildman–Crippen MR) is 86.7 cm³/mol. The standard InChI is InChI=1S/C17H21N3O2/c1-13(11-18-2)17(21)20-14-7-5-8-16(10-14)22-12-15-6-3-4-9-19-15/h3-10,13,18H,11-12H2,1-2H3,(H,20,21). The Hall–Kier alpha value is -2.40. The van der Waals surface area contributed by atoms with Crippen molar-refractivity contribution in [3.63, 3.8) is 0 Å². The number of anilines is 1. The molecule has 0 fully saturated rings. The van der Waals surface area contributed by atoms with Crippen LogP contribution in [-0.4, -0.2) is 24.5 Å². The van der Waals surface area contributed by atoms with Gasteiger partial charge in [-0.05, 0) is 31.3 Å². The number of hydrogen-bond acceptors (Lipinski definition) is 4. The van der Waals surface area contributed by atoms with Gasteiger partial charge in [-0.25, -0.2) is 0 Å². The zero-order valence-electron chi connectivity index (χ0n) is 12.9. The minimum Gasteiger partial charge on any atom is -0.487 e. The van der Waals surface area contributed by atoms with Gasteiger partial charge < -0.3 is 15.4 Å². The summed E-state index contributed by atoms with van der Waals surface area (Å²) >= 11 is 0. The van der Waals surface area contributed by atoms with Crippen molar-refractivity contribution in [3.05, 3.63) is 54.4 Å². The van der Waals surface area contributed by atoms with Gasteiger partial charge in [0, 0.05) is 30.4 Å². The van der Waals surface area contributed by atoms with Gasteiger partial charge in [-0.3, -0.25) is 9.78 Å². The third-order valence-electron chi connectivity index (χ3n) is 3.17. The Labute approximate surface area is 130 Å². The number of rotatable bonds is 7. The topological polar surface area (TPSA) is 63.2 Å². The molecule has 1 heterocycles. The first kappa shape index (κ1) is 16.0. The van der Waals surface area contributed by atoms with Crippen LogP contribution in [0, 0.1) is 5.92 Å². The molecule has 2 rings (SSSR count). The summed E-state index contributed by atoms with van der Waals surface area (Å²) < 4.78 is 5.70. The Morgan fingerprint density at radius 2 is 2.14 bits per heavy atom. The smallest absolute Gasteiger partial charge is 0.228 e. The maximum absolute atomic E-state index is 12.0. The zero-order valence-corrected chi connectivity index (χ0v) is 12.9. The summed E-state index contributed by atoms with van der Waals surface area (Å²) in [5.74, 6) is 0.587. The van der Waals surface area contributed by atoms with Crippen LogP contribution in [0.4, 0.5) is 5.69 Å². The largest absolute Gasteiger partial charge is 0.487 e. The van der Waals surface area contributed by atoms with Crippen LogP contribution in [0.25, 0.3) is 0 Å². The number of amides is 1. The van der Waals surface area contributed by atoms with Crippen LogP contribution in [0.1, 0.15) is 12.6 Å². The molecule has 0 bridgehead atoms. The molecule has 5 nitrogen and oxygen atoms in total. The van der Waals surface area contributed by atoms with Crippen LogP contribution < -0.4 is 15.4 Å². The van der Waals surface area contributed by atoms with Crippen LogP contribution in [0.2, 0.25) is 0 Å². The van der Waals surface area contributed by atoms with Gasteiger partial charge in [-0.15, -0.1) is 0 Å². The molecule has 2 N–H and O–H groups in total. The molecule has 0 saturated carbocycles. The quantitative estimate of drug-likeness (QED) is 0.824. The number of pyridine rings is 1. The molecule has 1 atom stereocenters. The molecule has 1 aromatic heterocycles. The van der Waals surface area contributed by atoms with Crippen molar-refractivity contribution < 1.29 is 9.53 Å². The van der Waals surface area contributed by atoms with E-state index in [0.717, 1.165) is 11.4 Å². The zero-order chi connectivity index (χ0) is 15.8. The number of benzene rings is 1. The summed E-state index contributed by atoms with van der Waals surface area (Å²) in [4.78, 5) is 16.2. The number of hydrogen-bond donors (Lipinski definition) is 2. The van der Waals surface area contributed by atoms with Crippen LogP contribution >= 0.6 is 0 Å². The fourth-order valence-corrected chi connectivity index (χ4v) is 1.97. The van der Waals surface area contributed by atoms with E-state index in [2.05, 4.69) is 15.6 Å². The molecule has 5 heteroatoms. The van der Waals surface area contributed by atoms with E-state index in [-0.39, 0.29) is 11.8 Å². The van der Waals surface area contributed by atoms with E-state index in [1.54, 1.807) is 6.20 Å². The Morgan fingerprint density at radius 1 is 1.27 bits per heavy atom. The van der Waals surface area contributed by atoms with Crippen molar-refractivity contribution in [1.82, 2.24) is 10.3 Å². The van der Waals surface area contributed by atoms with Crippen LogP contribution in [-0.2, 0) is 11.4 Å². The van der Waals surface area contributed by atoms with Gasteiger partial charge in [0.25, 0.3) is 0 Å². The van der Waals surface area contributed by atoms with E-state index in [9.17, 15) is 4.79 Å². The summed E-state index contributed by atoms with van der Waals surface area (Å²) in [6, 6.07) is 13.1. The third kappa shape index (κ3) is 4.86. The van der Waals surface area contributed by atoms with Gasteiger partial charge in [0.2, 0.25) is 5.91 Å². The molecule has 0 spiro atoms. The number of nitrogens with zero attached hydrogens (tertiary/aromatic N) is 1. The summed E-state index contributed by atoms with van der Waals surface area (Å²) in [5.41, 5.74) is 1.59. The summed E-state index contributed by atoms with van der Waals surface area (Å²) in [6.07, 6.45) is 1.73. The normalized spacial score (nSPS) is 11.7. The highest BCUT2D eigenvalue weighted by Crippen LogP contribution is 2.19. The van der Waals surface area contributed by atoms with Crippen molar-refractivity contribution >= 4 is 11.6 Å². The molecule has 1 unspecified atom stereocenters. The van der Waals surface area contributed by atoms with Crippen LogP contribution in [0.5, 0.6) is 5.75 Å². The molecule has 0 radical (unpaired) electrons. The van der Waals surface area contributed by atoms with Gasteiger partial charge >= 0.3 is 0 Å². The molecular formula is C17H21N3O2. The summed E-state index contributed by atoms with van der Waals surface area (Å²) in [7, 11) is 1.83. The van der Waals surface area contributed by atoms with Crippen molar-refractivity contribution in [2.24, 2.45) is 5.92 Å². The van der Waals surface area contributed by atoms with Crippen molar-refractivity contribution in [3.8, 4) is 5.75 Å². The van der Waals surface area contributed by atoms with Crippen molar-refractivity contribution in [2.75, 3.05) is 18.9 Å². The van der Waals surface area contributed by atoms with Crippen molar-refractivity contribution in [2.45, 2.75) is 13.5 Å². The van der Waals surface area contributed by atoms with E-state index in [1.807, 2.05) is 56.4 Å². The minimum absolute atomic E-state index is 0.0174. The maximum atomic E-state index is 12.0. The molecule has 116 valence electrons. The first-order valence-electron chi connectivity index (χ1n) is 7.27. The Kier molecular flexibility index (Phi) is 5.91. The molecule has 22 heavy (non-hydrogen) atoms. The lowest BCUT2D eigenvalue weighted by Gasteiger charge is -2.12. The first-order chi connectivity index (χ1) is 10.7. The van der Waals surface area contributed by atoms with Crippen molar-refractivity contribution in [1.29, 1.82) is 0 Å². The van der Waals surface area contributed by atoms with E-state index < -0.39 is 0 Å². The second-order valence-electron chi connectivity index (χ2n) is 5.09. The average Bonchev–Trinajstić information content (AvgIpc) is 2.54. The fourth-order valence-electron chi connectivity index (χ4n) is 1.97. The lowest BCUT2D eigenvalue weighted by atomic mass is 10.1. The van der Waals surface area contributed by atoms with Gasteiger partial charge in [0.1, 0.15) is 12.4 Å². The predicted octanol–water partition coefficient (Wildman–Crippen LogP) is 2.45. The van der Waals surface area contributed by atoms with E-state index >= 15 is 0 Å². The Balaban J connectivity index is 1.93. The molecule has 0 saturated heterocycles. The Morgan fingerprint density at radius 3 is 2.86 bits per heavy atom. The lowest BCUT2D eigenvalue weighted by molar-refractivity contribution is -0.119. The first-order valence-corrected chi connectivity index (χ1v) is 7.27. The number of ether oxygens (including phenoxy) is 1. The van der Waals surface area contributed by atoms with E-state index in [4.69, 9.17) is 4.74 Å². The molecule has 2 aromatic rings. The van der Waals surface area contributed by atoms with E-state index in [0.29, 0.717) is 18.9 Å². The van der Waals surface area contributed by atoms with Gasteiger partial charge in [-0.1, -0.05) is 19.1 Å². The Bertz CT molecular complexity index is 602. The minimum atomic E-state index is -0.0944. The highest BCUT2D eigenvalue weighted by atomic mass is 16.5. The highest BCUT2D eigenvalue weighted by Gasteiger charge is 2.12. The van der Waals surface area contributed by atoms with Gasteiger partial charge in [0.05, 0.1) is 5.69 Å². The molecule has 1 aromatic carbocycles. The lowest BCUT2D eigenvalue weighted by Crippen LogP contribution is -2.28. The molecule has 0 aliphatic carbocycles. The van der Waals surface area contributed by atoms with E-state index in [1.165, 1.54) is 0 Å². The highest BCUT2D eigenvalue weighted by molar-refractivity contribution is 5.92. The van der Waals surface area contributed by atoms with Crippen LogP contribution in [0.3, 0.4) is 0 Å². The number of aromatic nitrogens is 1. The van der Waals surface area contributed by atoms with Gasteiger partial charge in [-0.2, -0.15) is 0 Å². The molecule has 0 aliphatic heterocycles. The fraction of sp³-hybridized carbons (Fsp3) is 0.294. The summed E-state index contributed by atoms with van der Waals surface area (Å²) in [5, 5.41) is 5.88. The maximum Gasteiger partial charge on any atom is 0.228 e. The summed E-state index contributed by atoms with van der Waals surface area (Å²) in [6.45, 7) is 2.92.